The topological polar surface area (TPSA) is 83.8 Å². The van der Waals surface area contributed by atoms with Crippen LogP contribution in [0.3, 0.4) is 0 Å². The van der Waals surface area contributed by atoms with Gasteiger partial charge in [0.2, 0.25) is 0 Å². The Labute approximate surface area is 115 Å². The van der Waals surface area contributed by atoms with Crippen molar-refractivity contribution >= 4 is 23.2 Å². The van der Waals surface area contributed by atoms with Crippen LogP contribution in [0, 0.1) is 0 Å². The number of carbonyl (C=O) groups excluding carboxylic acids is 2. The van der Waals surface area contributed by atoms with Gasteiger partial charge in [0.1, 0.15) is 27.9 Å². The van der Waals surface area contributed by atoms with Crippen LogP contribution in [0.4, 0.5) is 0 Å². The first-order valence-corrected chi connectivity index (χ1v) is 6.13. The number of phenolic OH excluding ortho intramolecular Hbond substituents is 2. The molecule has 0 bridgehead atoms. The molecule has 1 aromatic carbocycles. The Morgan fingerprint density at radius 3 is 2.47 bits per heavy atom. The van der Waals surface area contributed by atoms with Gasteiger partial charge in [-0.1, -0.05) is 18.5 Å². The SMILES string of the molecule is CCC(=O)CCC(=O)c1c(O)cc(OC)c(Cl)c1O. The lowest BCUT2D eigenvalue weighted by atomic mass is 10.0. The first-order valence-electron chi connectivity index (χ1n) is 5.75. The maximum absolute atomic E-state index is 11.9. The van der Waals surface area contributed by atoms with Crippen LogP contribution in [0.5, 0.6) is 17.2 Å². The second-order valence-corrected chi connectivity index (χ2v) is 4.33. The Morgan fingerprint density at radius 2 is 1.95 bits per heavy atom. The van der Waals surface area contributed by atoms with Crippen LogP contribution in [0.1, 0.15) is 36.5 Å². The highest BCUT2D eigenvalue weighted by Crippen LogP contribution is 2.42. The van der Waals surface area contributed by atoms with E-state index < -0.39 is 17.3 Å². The standard InChI is InChI=1S/C13H15ClO5/c1-3-7(15)4-5-8(16)11-9(17)6-10(19-2)12(14)13(11)18/h6,17-18H,3-5H2,1-2H3. The summed E-state index contributed by atoms with van der Waals surface area (Å²) in [6.45, 7) is 1.70. The molecule has 0 fully saturated rings. The maximum atomic E-state index is 11.9. The smallest absolute Gasteiger partial charge is 0.170 e. The second kappa shape index (κ2) is 6.43. The number of aromatic hydroxyl groups is 2. The number of ether oxygens (including phenoxy) is 1. The largest absolute Gasteiger partial charge is 0.507 e. The molecule has 5 nitrogen and oxygen atoms in total. The highest BCUT2D eigenvalue weighted by Gasteiger charge is 2.22. The minimum Gasteiger partial charge on any atom is -0.507 e. The minimum absolute atomic E-state index is 0.0630. The summed E-state index contributed by atoms with van der Waals surface area (Å²) in [5, 5.41) is 19.4. The molecule has 0 amide bonds. The molecule has 0 spiro atoms. The van der Waals surface area contributed by atoms with E-state index in [2.05, 4.69) is 0 Å². The monoisotopic (exact) mass is 286 g/mol. The molecule has 0 heterocycles. The van der Waals surface area contributed by atoms with Crippen LogP contribution in [0.15, 0.2) is 6.07 Å². The van der Waals surface area contributed by atoms with Crippen molar-refractivity contribution in [3.63, 3.8) is 0 Å². The number of phenols is 2. The van der Waals surface area contributed by atoms with Crippen LogP contribution < -0.4 is 4.74 Å². The summed E-state index contributed by atoms with van der Waals surface area (Å²) >= 11 is 5.80. The molecule has 0 aliphatic heterocycles. The molecule has 2 N–H and O–H groups in total. The molecule has 0 atom stereocenters. The van der Waals surface area contributed by atoms with Gasteiger partial charge in [0, 0.05) is 25.3 Å². The molecule has 0 radical (unpaired) electrons. The van der Waals surface area contributed by atoms with Gasteiger partial charge in [0.25, 0.3) is 0 Å². The fourth-order valence-electron chi connectivity index (χ4n) is 1.59. The van der Waals surface area contributed by atoms with E-state index in [1.807, 2.05) is 0 Å². The summed E-state index contributed by atoms with van der Waals surface area (Å²) in [6.07, 6.45) is 0.322. The zero-order valence-corrected chi connectivity index (χ0v) is 11.5. The number of rotatable bonds is 6. The molecule has 0 unspecified atom stereocenters. The van der Waals surface area contributed by atoms with E-state index in [0.717, 1.165) is 6.07 Å². The first-order chi connectivity index (χ1) is 8.92. The van der Waals surface area contributed by atoms with E-state index in [9.17, 15) is 19.8 Å². The van der Waals surface area contributed by atoms with Gasteiger partial charge in [0.05, 0.1) is 7.11 Å². The summed E-state index contributed by atoms with van der Waals surface area (Å²) in [5.41, 5.74) is -0.283. The number of benzene rings is 1. The lowest BCUT2D eigenvalue weighted by Gasteiger charge is -2.11. The van der Waals surface area contributed by atoms with Gasteiger partial charge in [-0.15, -0.1) is 0 Å². The molecule has 104 valence electrons. The molecule has 0 saturated carbocycles. The Kier molecular flexibility index (Phi) is 5.18. The van der Waals surface area contributed by atoms with Gasteiger partial charge in [0.15, 0.2) is 11.5 Å². The predicted octanol–water partition coefficient (Wildman–Crippen LogP) is 2.70. The number of hydrogen-bond acceptors (Lipinski definition) is 5. The van der Waals surface area contributed by atoms with E-state index >= 15 is 0 Å². The fourth-order valence-corrected chi connectivity index (χ4v) is 1.81. The molecule has 19 heavy (non-hydrogen) atoms. The summed E-state index contributed by atoms with van der Waals surface area (Å²) in [7, 11) is 1.32. The first kappa shape index (κ1) is 15.3. The Morgan fingerprint density at radius 1 is 1.32 bits per heavy atom. The van der Waals surface area contributed by atoms with Crippen molar-refractivity contribution in [2.75, 3.05) is 7.11 Å². The third-order valence-corrected chi connectivity index (χ3v) is 3.07. The number of Topliss-reactive ketones (excluding diaryl/α,β-unsaturated/α-hetero) is 2. The third-order valence-electron chi connectivity index (χ3n) is 2.71. The Bertz CT molecular complexity index is 510. The summed E-state index contributed by atoms with van der Waals surface area (Å²) in [4.78, 5) is 23.0. The van der Waals surface area contributed by atoms with Crippen molar-refractivity contribution in [2.24, 2.45) is 0 Å². The average molecular weight is 287 g/mol. The van der Waals surface area contributed by atoms with Crippen molar-refractivity contribution in [1.82, 2.24) is 0 Å². The summed E-state index contributed by atoms with van der Waals surface area (Å²) in [6, 6.07) is 1.15. The number of carbonyl (C=O) groups is 2. The van der Waals surface area contributed by atoms with Crippen molar-refractivity contribution in [1.29, 1.82) is 0 Å². The molecule has 0 saturated heterocycles. The molecular formula is C13H15ClO5. The van der Waals surface area contributed by atoms with Gasteiger partial charge in [-0.2, -0.15) is 0 Å². The van der Waals surface area contributed by atoms with Gasteiger partial charge in [-0.25, -0.2) is 0 Å². The lowest BCUT2D eigenvalue weighted by Crippen LogP contribution is -2.05. The van der Waals surface area contributed by atoms with Crippen LogP contribution in [0.2, 0.25) is 5.02 Å². The van der Waals surface area contributed by atoms with Crippen LogP contribution in [-0.2, 0) is 4.79 Å². The van der Waals surface area contributed by atoms with Crippen molar-refractivity contribution in [3.8, 4) is 17.2 Å². The summed E-state index contributed by atoms with van der Waals surface area (Å²) < 4.78 is 4.84. The number of ketones is 2. The van der Waals surface area contributed by atoms with Crippen molar-refractivity contribution < 1.29 is 24.5 Å². The normalized spacial score (nSPS) is 10.3. The van der Waals surface area contributed by atoms with E-state index in [4.69, 9.17) is 16.3 Å². The van der Waals surface area contributed by atoms with Gasteiger partial charge >= 0.3 is 0 Å². The molecule has 6 heteroatoms. The molecule has 0 aliphatic rings. The van der Waals surface area contributed by atoms with Gasteiger partial charge < -0.3 is 14.9 Å². The second-order valence-electron chi connectivity index (χ2n) is 3.95. The highest BCUT2D eigenvalue weighted by atomic mass is 35.5. The third kappa shape index (κ3) is 3.38. The zero-order chi connectivity index (χ0) is 14.6. The minimum atomic E-state index is -0.540. The molecule has 1 aromatic rings. The van der Waals surface area contributed by atoms with Crippen molar-refractivity contribution in [3.05, 3.63) is 16.7 Å². The zero-order valence-electron chi connectivity index (χ0n) is 10.7. The molecule has 0 aromatic heterocycles. The van der Waals surface area contributed by atoms with E-state index in [0.29, 0.717) is 6.42 Å². The molecule has 0 aliphatic carbocycles. The predicted molar refractivity (Wildman–Crippen MR) is 70.2 cm³/mol. The summed E-state index contributed by atoms with van der Waals surface area (Å²) in [5.74, 6) is -1.49. The van der Waals surface area contributed by atoms with Gasteiger partial charge in [-0.05, 0) is 0 Å². The van der Waals surface area contributed by atoms with E-state index in [-0.39, 0.29) is 35.0 Å². The fraction of sp³-hybridized carbons (Fsp3) is 0.385. The maximum Gasteiger partial charge on any atom is 0.170 e. The Balaban J connectivity index is 3.04. The molecule has 1 rings (SSSR count). The van der Waals surface area contributed by atoms with Gasteiger partial charge in [-0.3, -0.25) is 9.59 Å². The Hall–Kier alpha value is -1.75. The lowest BCUT2D eigenvalue weighted by molar-refractivity contribution is -0.118. The van der Waals surface area contributed by atoms with Crippen LogP contribution >= 0.6 is 11.6 Å². The van der Waals surface area contributed by atoms with E-state index in [1.54, 1.807) is 6.92 Å². The number of halogens is 1. The number of methoxy groups -OCH3 is 1. The van der Waals surface area contributed by atoms with Crippen LogP contribution in [-0.4, -0.2) is 28.9 Å². The average Bonchev–Trinajstić information content (AvgIpc) is 2.40. The number of hydrogen-bond donors (Lipinski definition) is 2. The molecular weight excluding hydrogens is 272 g/mol. The van der Waals surface area contributed by atoms with E-state index in [1.165, 1.54) is 7.11 Å². The highest BCUT2D eigenvalue weighted by molar-refractivity contribution is 6.34. The quantitative estimate of drug-likeness (QED) is 0.786. The van der Waals surface area contributed by atoms with Crippen LogP contribution in [0.25, 0.3) is 0 Å². The van der Waals surface area contributed by atoms with Crippen molar-refractivity contribution in [2.45, 2.75) is 26.2 Å².